The number of hydrogen-bond donors (Lipinski definition) is 4. The van der Waals surface area contributed by atoms with Gasteiger partial charge in [-0.05, 0) is 42.3 Å². The number of piperidine rings is 1. The van der Waals surface area contributed by atoms with E-state index in [1.54, 1.807) is 0 Å². The number of carbonyl (C=O) groups is 1. The number of hydrogen-bond acceptors (Lipinski definition) is 8. The highest BCUT2D eigenvalue weighted by Gasteiger charge is 2.24. The Morgan fingerprint density at radius 2 is 2.00 bits per heavy atom. The van der Waals surface area contributed by atoms with Crippen LogP contribution in [0, 0.1) is 0 Å². The zero-order chi connectivity index (χ0) is 26.6. The molecule has 1 fully saturated rings. The normalized spacial score (nSPS) is 15.3. The number of nitrogens with one attached hydrogen (secondary N) is 1. The summed E-state index contributed by atoms with van der Waals surface area (Å²) in [7, 11) is 0. The van der Waals surface area contributed by atoms with E-state index in [1.165, 1.54) is 11.3 Å². The molecule has 4 aromatic rings. The van der Waals surface area contributed by atoms with Crippen LogP contribution in [-0.4, -0.2) is 54.4 Å². The number of aromatic nitrogens is 1. The number of nitrogen functional groups attached to an aromatic ring is 1. The Kier molecular flexibility index (Phi) is 7.97. The molecule has 1 aliphatic heterocycles. The molecule has 6 N–H and O–H groups in total. The predicted octanol–water partition coefficient (Wildman–Crippen LogP) is 4.08. The van der Waals surface area contributed by atoms with Crippen LogP contribution >= 0.6 is 11.3 Å². The first-order valence-corrected chi connectivity index (χ1v) is 14.0. The number of ether oxygens (including phenoxy) is 1. The van der Waals surface area contributed by atoms with E-state index >= 15 is 0 Å². The van der Waals surface area contributed by atoms with Gasteiger partial charge in [0.2, 0.25) is 0 Å². The van der Waals surface area contributed by atoms with Gasteiger partial charge in [0.1, 0.15) is 34.0 Å². The Hall–Kier alpha value is -3.40. The predicted molar refractivity (Wildman–Crippen MR) is 155 cm³/mol. The molecule has 1 aliphatic rings. The summed E-state index contributed by atoms with van der Waals surface area (Å²) in [5, 5.41) is 17.1. The van der Waals surface area contributed by atoms with Gasteiger partial charge in [0, 0.05) is 36.4 Å². The van der Waals surface area contributed by atoms with Gasteiger partial charge in [-0.1, -0.05) is 49.7 Å². The maximum Gasteiger partial charge on any atom is 0.260 e. The molecule has 1 saturated heterocycles. The molecule has 2 aromatic heterocycles. The highest BCUT2D eigenvalue weighted by atomic mass is 32.1. The third kappa shape index (κ3) is 5.55. The van der Waals surface area contributed by atoms with Gasteiger partial charge in [-0.3, -0.25) is 4.79 Å². The fraction of sp³-hybridized carbons (Fsp3) is 0.379. The van der Waals surface area contributed by atoms with E-state index in [1.807, 2.05) is 30.3 Å². The number of aryl methyl sites for hydroxylation is 1. The third-order valence-electron chi connectivity index (χ3n) is 7.15. The van der Waals surface area contributed by atoms with Crippen LogP contribution in [0.4, 0.5) is 11.5 Å². The first-order chi connectivity index (χ1) is 18.4. The maximum atomic E-state index is 11.8. The van der Waals surface area contributed by atoms with Gasteiger partial charge in [0.25, 0.3) is 5.91 Å². The lowest BCUT2D eigenvalue weighted by Crippen LogP contribution is -2.45. The summed E-state index contributed by atoms with van der Waals surface area (Å²) in [6.07, 6.45) is 3.12. The number of carbonyl (C=O) groups excluding carboxylic acids is 1. The number of nitrogens with two attached hydrogens (primary N) is 2. The zero-order valence-electron chi connectivity index (χ0n) is 21.7. The van der Waals surface area contributed by atoms with Gasteiger partial charge in [-0.15, -0.1) is 11.3 Å². The molecule has 0 bridgehead atoms. The van der Waals surface area contributed by atoms with Crippen molar-refractivity contribution >= 4 is 49.7 Å². The molecule has 0 aliphatic carbocycles. The molecular formula is C29H35N5O3S. The lowest BCUT2D eigenvalue weighted by molar-refractivity contribution is 0.100. The van der Waals surface area contributed by atoms with Crippen LogP contribution in [0.15, 0.2) is 48.5 Å². The molecule has 38 heavy (non-hydrogen) atoms. The minimum atomic E-state index is -0.601. The van der Waals surface area contributed by atoms with Crippen LogP contribution in [0.3, 0.4) is 0 Å². The molecule has 1 amide bonds. The van der Waals surface area contributed by atoms with Gasteiger partial charge in [-0.25, -0.2) is 4.98 Å². The van der Waals surface area contributed by atoms with Crippen molar-refractivity contribution in [3.63, 3.8) is 0 Å². The van der Waals surface area contributed by atoms with Gasteiger partial charge in [-0.2, -0.15) is 0 Å². The van der Waals surface area contributed by atoms with Crippen molar-refractivity contribution in [3.05, 3.63) is 59.0 Å². The smallest absolute Gasteiger partial charge is 0.260 e. The molecule has 2 aromatic carbocycles. The summed E-state index contributed by atoms with van der Waals surface area (Å²) in [4.78, 5) is 20.1. The van der Waals surface area contributed by atoms with E-state index in [-0.39, 0.29) is 6.61 Å². The number of pyridine rings is 1. The standard InChI is InChI=1S/C29H35N5O3S/c1-2-6-19-15-24(33-29-25(19)26(30)27(38-29)28(31)36)34-13-11-20(12-14-34)32-16-21(35)17-37-23-10-5-8-18-7-3-4-9-22(18)23/h3-5,7-10,15,20-21,32,35H,2,6,11-14,16-17,30H2,1H3,(H2,31,36). The summed E-state index contributed by atoms with van der Waals surface area (Å²) in [5.74, 6) is 1.20. The average molecular weight is 534 g/mol. The van der Waals surface area contributed by atoms with Crippen LogP contribution in [0.5, 0.6) is 5.75 Å². The molecule has 0 spiro atoms. The number of aliphatic hydroxyl groups is 1. The number of fused-ring (bicyclic) bond motifs is 2. The number of thiophene rings is 1. The Bertz CT molecular complexity index is 1430. The van der Waals surface area contributed by atoms with Gasteiger partial charge in [0.05, 0.1) is 5.69 Å². The van der Waals surface area contributed by atoms with Crippen LogP contribution in [-0.2, 0) is 6.42 Å². The molecule has 9 heteroatoms. The van der Waals surface area contributed by atoms with Crippen molar-refractivity contribution in [2.24, 2.45) is 5.73 Å². The lowest BCUT2D eigenvalue weighted by Gasteiger charge is -2.34. The van der Waals surface area contributed by atoms with Gasteiger partial charge >= 0.3 is 0 Å². The van der Waals surface area contributed by atoms with Crippen molar-refractivity contribution < 1.29 is 14.6 Å². The van der Waals surface area contributed by atoms with E-state index in [4.69, 9.17) is 21.2 Å². The molecule has 0 saturated carbocycles. The van der Waals surface area contributed by atoms with Gasteiger partial charge < -0.3 is 31.5 Å². The second-order valence-corrected chi connectivity index (χ2v) is 10.9. The number of primary amides is 1. The summed E-state index contributed by atoms with van der Waals surface area (Å²) in [6, 6.07) is 16.5. The molecule has 0 radical (unpaired) electrons. The number of aliphatic hydroxyl groups excluding tert-OH is 1. The molecule has 1 atom stereocenters. The Balaban J connectivity index is 1.16. The average Bonchev–Trinajstić information content (AvgIpc) is 3.28. The van der Waals surface area contributed by atoms with Crippen molar-refractivity contribution in [2.45, 2.75) is 44.8 Å². The number of nitrogens with zero attached hydrogens (tertiary/aromatic N) is 2. The monoisotopic (exact) mass is 533 g/mol. The fourth-order valence-corrected chi connectivity index (χ4v) is 6.17. The largest absolute Gasteiger partial charge is 0.490 e. The van der Waals surface area contributed by atoms with E-state index in [0.29, 0.717) is 23.2 Å². The highest BCUT2D eigenvalue weighted by molar-refractivity contribution is 7.21. The summed E-state index contributed by atoms with van der Waals surface area (Å²) >= 11 is 1.28. The number of anilines is 2. The number of benzene rings is 2. The SMILES string of the molecule is CCCc1cc(N2CCC(NCC(O)COc3cccc4ccccc34)CC2)nc2sc(C(N)=O)c(N)c12. The molecular weight excluding hydrogens is 498 g/mol. The Morgan fingerprint density at radius 3 is 2.76 bits per heavy atom. The second-order valence-electron chi connectivity index (χ2n) is 9.89. The van der Waals surface area contributed by atoms with Crippen LogP contribution in [0.2, 0.25) is 0 Å². The molecule has 5 rings (SSSR count). The molecule has 8 nitrogen and oxygen atoms in total. The first kappa shape index (κ1) is 26.2. The van der Waals surface area contributed by atoms with Crippen LogP contribution in [0.1, 0.15) is 41.4 Å². The number of rotatable bonds is 10. The van der Waals surface area contributed by atoms with E-state index in [2.05, 4.69) is 35.3 Å². The highest BCUT2D eigenvalue weighted by Crippen LogP contribution is 2.37. The Morgan fingerprint density at radius 1 is 1.24 bits per heavy atom. The molecule has 200 valence electrons. The van der Waals surface area contributed by atoms with Gasteiger partial charge in [0.15, 0.2) is 0 Å². The summed E-state index contributed by atoms with van der Waals surface area (Å²) in [5.41, 5.74) is 13.4. The second kappa shape index (κ2) is 11.6. The summed E-state index contributed by atoms with van der Waals surface area (Å²) < 4.78 is 5.94. The molecule has 1 unspecified atom stereocenters. The van der Waals surface area contributed by atoms with Crippen LogP contribution < -0.4 is 26.4 Å². The van der Waals surface area contributed by atoms with Crippen LogP contribution in [0.25, 0.3) is 21.0 Å². The van der Waals surface area contributed by atoms with E-state index in [9.17, 15) is 9.90 Å². The van der Waals surface area contributed by atoms with Crippen molar-refractivity contribution in [2.75, 3.05) is 36.9 Å². The Labute approximate surface area is 226 Å². The maximum absolute atomic E-state index is 11.8. The van der Waals surface area contributed by atoms with Crippen molar-refractivity contribution in [1.29, 1.82) is 0 Å². The zero-order valence-corrected chi connectivity index (χ0v) is 22.5. The van der Waals surface area contributed by atoms with Crippen molar-refractivity contribution in [1.82, 2.24) is 10.3 Å². The lowest BCUT2D eigenvalue weighted by atomic mass is 10.0. The third-order valence-corrected chi connectivity index (χ3v) is 8.27. The minimum absolute atomic E-state index is 0.237. The number of amides is 1. The van der Waals surface area contributed by atoms with E-state index < -0.39 is 12.0 Å². The fourth-order valence-electron chi connectivity index (χ4n) is 5.18. The first-order valence-electron chi connectivity index (χ1n) is 13.2. The summed E-state index contributed by atoms with van der Waals surface area (Å²) in [6.45, 7) is 4.55. The minimum Gasteiger partial charge on any atom is -0.490 e. The topological polar surface area (TPSA) is 127 Å². The molecule has 3 heterocycles. The quantitative estimate of drug-likeness (QED) is 0.242. The van der Waals surface area contributed by atoms with E-state index in [0.717, 1.165) is 76.9 Å². The van der Waals surface area contributed by atoms with Crippen molar-refractivity contribution in [3.8, 4) is 5.75 Å².